The number of carbonyl (C=O) groups is 2. The standard InChI is InChI=1S/C17H17ClO5/c1-2-23-16(21)13-14(19)11-8-10(18)4-5-12(11)17(15(13)20)6-3-7-22-9-17/h4-5,8,19H,2-3,6-7,9H2,1H3. The Labute approximate surface area is 138 Å². The van der Waals surface area contributed by atoms with Crippen molar-refractivity contribution >= 4 is 29.1 Å². The highest BCUT2D eigenvalue weighted by atomic mass is 35.5. The Morgan fingerprint density at radius 1 is 1.48 bits per heavy atom. The molecular weight excluding hydrogens is 320 g/mol. The number of ketones is 1. The number of fused-ring (bicyclic) bond motifs is 2. The SMILES string of the molecule is CCOC(=O)C1=C(O)c2cc(Cl)ccc2C2(CCCOC2)C1=O. The first-order chi connectivity index (χ1) is 11.0. The van der Waals surface area contributed by atoms with Crippen LogP contribution in [0.5, 0.6) is 0 Å². The maximum absolute atomic E-state index is 13.0. The number of hydrogen-bond acceptors (Lipinski definition) is 5. The van der Waals surface area contributed by atoms with Crippen LogP contribution in [0.3, 0.4) is 0 Å². The van der Waals surface area contributed by atoms with Crippen molar-refractivity contribution in [2.45, 2.75) is 25.2 Å². The maximum atomic E-state index is 13.0. The highest BCUT2D eigenvalue weighted by molar-refractivity contribution is 6.31. The normalized spacial score (nSPS) is 23.8. The van der Waals surface area contributed by atoms with Crippen LogP contribution in [0, 0.1) is 0 Å². The molecule has 2 aliphatic rings. The molecule has 1 heterocycles. The van der Waals surface area contributed by atoms with E-state index in [-0.39, 0.29) is 24.5 Å². The van der Waals surface area contributed by atoms with Crippen LogP contribution in [0.2, 0.25) is 5.02 Å². The predicted octanol–water partition coefficient (Wildman–Crippen LogP) is 2.80. The minimum absolute atomic E-state index is 0.120. The van der Waals surface area contributed by atoms with E-state index >= 15 is 0 Å². The average molecular weight is 337 g/mol. The van der Waals surface area contributed by atoms with Gasteiger partial charge >= 0.3 is 5.97 Å². The third-order valence-corrected chi connectivity index (χ3v) is 4.61. The lowest BCUT2D eigenvalue weighted by Gasteiger charge is -2.40. The van der Waals surface area contributed by atoms with Crippen LogP contribution in [0.1, 0.15) is 30.9 Å². The van der Waals surface area contributed by atoms with Gasteiger partial charge in [0.15, 0.2) is 5.78 Å². The summed E-state index contributed by atoms with van der Waals surface area (Å²) in [6, 6.07) is 4.96. The highest BCUT2D eigenvalue weighted by Crippen LogP contribution is 2.45. The molecule has 3 rings (SSSR count). The van der Waals surface area contributed by atoms with Crippen LogP contribution >= 0.6 is 11.6 Å². The highest BCUT2D eigenvalue weighted by Gasteiger charge is 2.51. The predicted molar refractivity (Wildman–Crippen MR) is 84.4 cm³/mol. The van der Waals surface area contributed by atoms with Crippen molar-refractivity contribution in [1.29, 1.82) is 0 Å². The zero-order valence-electron chi connectivity index (χ0n) is 12.7. The number of aliphatic hydroxyl groups is 1. The van der Waals surface area contributed by atoms with E-state index < -0.39 is 17.2 Å². The zero-order chi connectivity index (χ0) is 16.6. The van der Waals surface area contributed by atoms with Crippen molar-refractivity contribution in [3.8, 4) is 0 Å². The van der Waals surface area contributed by atoms with Crippen LogP contribution in [-0.4, -0.2) is 36.7 Å². The third kappa shape index (κ3) is 2.44. The van der Waals surface area contributed by atoms with Crippen molar-refractivity contribution in [2.24, 2.45) is 0 Å². The van der Waals surface area contributed by atoms with Gasteiger partial charge in [-0.15, -0.1) is 0 Å². The zero-order valence-corrected chi connectivity index (χ0v) is 13.5. The van der Waals surface area contributed by atoms with Gasteiger partial charge in [0.05, 0.1) is 18.6 Å². The van der Waals surface area contributed by atoms with E-state index in [9.17, 15) is 14.7 Å². The first kappa shape index (κ1) is 16.0. The molecule has 1 atom stereocenters. The van der Waals surface area contributed by atoms with Crippen LogP contribution in [0.25, 0.3) is 5.76 Å². The van der Waals surface area contributed by atoms with Crippen molar-refractivity contribution in [1.82, 2.24) is 0 Å². The average Bonchev–Trinajstić information content (AvgIpc) is 2.54. The first-order valence-electron chi connectivity index (χ1n) is 7.54. The molecule has 1 fully saturated rings. The number of halogens is 1. The van der Waals surface area contributed by atoms with Crippen LogP contribution < -0.4 is 0 Å². The number of esters is 1. The van der Waals surface area contributed by atoms with E-state index in [2.05, 4.69) is 0 Å². The second kappa shape index (κ2) is 5.98. The van der Waals surface area contributed by atoms with Crippen molar-refractivity contribution in [3.63, 3.8) is 0 Å². The summed E-state index contributed by atoms with van der Waals surface area (Å²) in [5, 5.41) is 10.9. The van der Waals surface area contributed by atoms with Crippen molar-refractivity contribution in [2.75, 3.05) is 19.8 Å². The van der Waals surface area contributed by atoms with Gasteiger partial charge in [0.25, 0.3) is 0 Å². The summed E-state index contributed by atoms with van der Waals surface area (Å²) in [4.78, 5) is 25.2. The molecule has 1 aromatic carbocycles. The van der Waals surface area contributed by atoms with Gasteiger partial charge in [0.1, 0.15) is 11.3 Å². The van der Waals surface area contributed by atoms with E-state index in [1.54, 1.807) is 25.1 Å². The third-order valence-electron chi connectivity index (χ3n) is 4.37. The molecule has 0 aromatic heterocycles. The summed E-state index contributed by atoms with van der Waals surface area (Å²) in [6.45, 7) is 2.51. The van der Waals surface area contributed by atoms with E-state index in [0.717, 1.165) is 0 Å². The fourth-order valence-corrected chi connectivity index (χ4v) is 3.48. The van der Waals surface area contributed by atoms with Crippen LogP contribution in [0.15, 0.2) is 23.8 Å². The molecule has 6 heteroatoms. The molecule has 23 heavy (non-hydrogen) atoms. The molecule has 1 N–H and O–H groups in total. The topological polar surface area (TPSA) is 72.8 Å². The summed E-state index contributed by atoms with van der Waals surface area (Å²) in [5.74, 6) is -1.63. The lowest BCUT2D eigenvalue weighted by molar-refractivity contribution is -0.141. The molecule has 122 valence electrons. The summed E-state index contributed by atoms with van der Waals surface area (Å²) < 4.78 is 10.5. The quantitative estimate of drug-likeness (QED) is 0.664. The molecule has 1 aliphatic heterocycles. The second-order valence-corrected chi connectivity index (χ2v) is 6.14. The number of rotatable bonds is 2. The van der Waals surface area contributed by atoms with Gasteiger partial charge in [-0.25, -0.2) is 4.79 Å². The monoisotopic (exact) mass is 336 g/mol. The molecule has 0 amide bonds. The summed E-state index contributed by atoms with van der Waals surface area (Å²) >= 11 is 6.03. The molecule has 0 radical (unpaired) electrons. The molecule has 1 spiro atoms. The van der Waals surface area contributed by atoms with Crippen molar-refractivity contribution < 1.29 is 24.2 Å². The smallest absolute Gasteiger partial charge is 0.345 e. The van der Waals surface area contributed by atoms with E-state index in [0.29, 0.717) is 35.6 Å². The molecule has 1 saturated heterocycles. The Balaban J connectivity index is 2.23. The van der Waals surface area contributed by atoms with Gasteiger partial charge in [-0.05, 0) is 37.5 Å². The number of carbonyl (C=O) groups excluding carboxylic acids is 2. The summed E-state index contributed by atoms with van der Waals surface area (Å²) in [5.41, 5.74) is -0.234. The Morgan fingerprint density at radius 3 is 2.91 bits per heavy atom. The molecular formula is C17H17ClO5. The minimum atomic E-state index is -0.966. The van der Waals surface area contributed by atoms with Gasteiger partial charge in [-0.1, -0.05) is 17.7 Å². The number of benzene rings is 1. The van der Waals surface area contributed by atoms with E-state index in [1.165, 1.54) is 0 Å². The number of ether oxygens (including phenoxy) is 2. The number of aliphatic hydroxyl groups excluding tert-OH is 1. The fraction of sp³-hybridized carbons (Fsp3) is 0.412. The molecule has 1 aliphatic carbocycles. The Morgan fingerprint density at radius 2 is 2.26 bits per heavy atom. The van der Waals surface area contributed by atoms with Crippen molar-refractivity contribution in [3.05, 3.63) is 39.9 Å². The van der Waals surface area contributed by atoms with Crippen LogP contribution in [-0.2, 0) is 24.5 Å². The molecule has 1 aromatic rings. The fourth-order valence-electron chi connectivity index (χ4n) is 3.31. The number of hydrogen-bond donors (Lipinski definition) is 1. The Kier molecular flexibility index (Phi) is 4.17. The first-order valence-corrected chi connectivity index (χ1v) is 7.92. The largest absolute Gasteiger partial charge is 0.506 e. The minimum Gasteiger partial charge on any atom is -0.506 e. The van der Waals surface area contributed by atoms with Gasteiger partial charge in [-0.2, -0.15) is 0 Å². The maximum Gasteiger partial charge on any atom is 0.345 e. The van der Waals surface area contributed by atoms with Gasteiger partial charge in [0.2, 0.25) is 0 Å². The Hall–Kier alpha value is -1.85. The lowest BCUT2D eigenvalue weighted by Crippen LogP contribution is -2.48. The van der Waals surface area contributed by atoms with Gasteiger partial charge in [0, 0.05) is 17.2 Å². The molecule has 0 bridgehead atoms. The molecule has 1 unspecified atom stereocenters. The van der Waals surface area contributed by atoms with Gasteiger partial charge in [-0.3, -0.25) is 4.79 Å². The molecule has 0 saturated carbocycles. The summed E-state index contributed by atoms with van der Waals surface area (Å²) in [6.07, 6.45) is 1.25. The van der Waals surface area contributed by atoms with Crippen LogP contribution in [0.4, 0.5) is 0 Å². The number of Topliss-reactive ketones (excluding diaryl/α,β-unsaturated/α-hetero) is 1. The lowest BCUT2D eigenvalue weighted by atomic mass is 9.66. The van der Waals surface area contributed by atoms with E-state index in [1.807, 2.05) is 0 Å². The van der Waals surface area contributed by atoms with Gasteiger partial charge < -0.3 is 14.6 Å². The summed E-state index contributed by atoms with van der Waals surface area (Å²) in [7, 11) is 0. The molecule has 5 nitrogen and oxygen atoms in total. The second-order valence-electron chi connectivity index (χ2n) is 5.70. The van der Waals surface area contributed by atoms with E-state index in [4.69, 9.17) is 21.1 Å². The Bertz CT molecular complexity index is 701.